The van der Waals surface area contributed by atoms with Crippen LogP contribution in [-0.4, -0.2) is 32.8 Å². The van der Waals surface area contributed by atoms with Crippen LogP contribution in [-0.2, 0) is 0 Å². The molecule has 1 aromatic heterocycles. The van der Waals surface area contributed by atoms with E-state index in [1.54, 1.807) is 23.0 Å². The quantitative estimate of drug-likeness (QED) is 0.849. The summed E-state index contributed by atoms with van der Waals surface area (Å²) in [5.74, 6) is 2.17. The summed E-state index contributed by atoms with van der Waals surface area (Å²) in [4.78, 5) is 0. The number of hydrogen-bond donors (Lipinski definition) is 1. The summed E-state index contributed by atoms with van der Waals surface area (Å²) >= 11 is 0. The minimum Gasteiger partial charge on any atom is -0.507 e. The fourth-order valence-corrected chi connectivity index (χ4v) is 1.69. The van der Waals surface area contributed by atoms with Crippen LogP contribution in [0.4, 0.5) is 0 Å². The summed E-state index contributed by atoms with van der Waals surface area (Å²) < 4.78 is 7.06. The van der Waals surface area contributed by atoms with Crippen LogP contribution in [0.1, 0.15) is 30.6 Å². The van der Waals surface area contributed by atoms with Gasteiger partial charge in [-0.2, -0.15) is 5.10 Å². The van der Waals surface area contributed by atoms with Crippen LogP contribution in [0.5, 0.6) is 11.5 Å². The molecule has 1 N–H and O–H groups in total. The zero-order chi connectivity index (χ0) is 14.5. The van der Waals surface area contributed by atoms with Gasteiger partial charge >= 0.3 is 0 Å². The number of aromatic hydroxyl groups is 1. The minimum atomic E-state index is 0.130. The Hall–Kier alpha value is -2.37. The molecule has 0 spiro atoms. The van der Waals surface area contributed by atoms with Gasteiger partial charge in [-0.05, 0) is 32.4 Å². The Morgan fingerprint density at radius 2 is 2.00 bits per heavy atom. The lowest BCUT2D eigenvalue weighted by molar-refractivity contribution is 0.315. The standard InChI is InChI=1S/C14H18N4O2/c1-4-7-20-13-6-5-12(14(19)8-13)9-15-18-10(2)16-17-11(18)3/h5-6,8-9,19H,4,7H2,1-3H3/b15-9+. The molecular weight excluding hydrogens is 256 g/mol. The van der Waals surface area contributed by atoms with Crippen molar-refractivity contribution in [2.24, 2.45) is 5.10 Å². The summed E-state index contributed by atoms with van der Waals surface area (Å²) in [6.07, 6.45) is 2.50. The number of aromatic nitrogens is 3. The molecule has 0 saturated heterocycles. The molecule has 1 aromatic carbocycles. The smallest absolute Gasteiger partial charge is 0.151 e. The van der Waals surface area contributed by atoms with E-state index in [9.17, 15) is 5.11 Å². The van der Waals surface area contributed by atoms with Crippen LogP contribution in [0.25, 0.3) is 0 Å². The lowest BCUT2D eigenvalue weighted by Gasteiger charge is -2.06. The summed E-state index contributed by atoms with van der Waals surface area (Å²) in [7, 11) is 0. The maximum atomic E-state index is 9.95. The average molecular weight is 274 g/mol. The fraction of sp³-hybridized carbons (Fsp3) is 0.357. The number of rotatable bonds is 5. The molecule has 2 rings (SSSR count). The van der Waals surface area contributed by atoms with Crippen molar-refractivity contribution in [3.05, 3.63) is 35.4 Å². The molecule has 0 aliphatic rings. The van der Waals surface area contributed by atoms with Gasteiger partial charge in [-0.25, -0.2) is 4.68 Å². The Balaban J connectivity index is 2.18. The lowest BCUT2D eigenvalue weighted by Crippen LogP contribution is -1.97. The number of benzene rings is 1. The van der Waals surface area contributed by atoms with Crippen molar-refractivity contribution in [3.8, 4) is 11.5 Å². The van der Waals surface area contributed by atoms with Crippen LogP contribution in [0.15, 0.2) is 23.3 Å². The van der Waals surface area contributed by atoms with E-state index >= 15 is 0 Å². The second-order valence-corrected chi connectivity index (χ2v) is 4.42. The number of nitrogens with zero attached hydrogens (tertiary/aromatic N) is 4. The Morgan fingerprint density at radius 1 is 1.30 bits per heavy atom. The molecule has 20 heavy (non-hydrogen) atoms. The first-order valence-corrected chi connectivity index (χ1v) is 6.50. The minimum absolute atomic E-state index is 0.130. The van der Waals surface area contributed by atoms with Crippen LogP contribution >= 0.6 is 0 Å². The number of hydrogen-bond acceptors (Lipinski definition) is 5. The molecule has 0 saturated carbocycles. The van der Waals surface area contributed by atoms with Gasteiger partial charge in [0.1, 0.15) is 11.5 Å². The molecule has 0 aliphatic carbocycles. The van der Waals surface area contributed by atoms with Crippen molar-refractivity contribution < 1.29 is 9.84 Å². The lowest BCUT2D eigenvalue weighted by atomic mass is 10.2. The molecule has 106 valence electrons. The molecular formula is C14H18N4O2. The number of ether oxygens (including phenoxy) is 1. The third-order valence-electron chi connectivity index (χ3n) is 2.74. The van der Waals surface area contributed by atoms with Crippen molar-refractivity contribution in [1.82, 2.24) is 14.9 Å². The zero-order valence-electron chi connectivity index (χ0n) is 11.9. The van der Waals surface area contributed by atoms with E-state index in [1.807, 2.05) is 26.8 Å². The highest BCUT2D eigenvalue weighted by atomic mass is 16.5. The molecule has 0 amide bonds. The number of phenolic OH excluding ortho intramolecular Hbond substituents is 1. The normalized spacial score (nSPS) is 11.2. The molecule has 1 heterocycles. The third kappa shape index (κ3) is 3.14. The van der Waals surface area contributed by atoms with Gasteiger partial charge in [0.2, 0.25) is 0 Å². The second kappa shape index (κ2) is 6.18. The first-order valence-electron chi connectivity index (χ1n) is 6.50. The van der Waals surface area contributed by atoms with E-state index in [-0.39, 0.29) is 5.75 Å². The first-order chi connectivity index (χ1) is 9.61. The van der Waals surface area contributed by atoms with E-state index in [2.05, 4.69) is 15.3 Å². The van der Waals surface area contributed by atoms with Gasteiger partial charge in [-0.1, -0.05) is 6.92 Å². The summed E-state index contributed by atoms with van der Waals surface area (Å²) in [6, 6.07) is 5.16. The Kier molecular flexibility index (Phi) is 4.34. The van der Waals surface area contributed by atoms with Gasteiger partial charge in [0.25, 0.3) is 0 Å². The van der Waals surface area contributed by atoms with Crippen LogP contribution in [0.3, 0.4) is 0 Å². The molecule has 0 fully saturated rings. The highest BCUT2D eigenvalue weighted by molar-refractivity contribution is 5.83. The van der Waals surface area contributed by atoms with Crippen molar-refractivity contribution in [2.75, 3.05) is 6.61 Å². The van der Waals surface area contributed by atoms with Crippen molar-refractivity contribution in [2.45, 2.75) is 27.2 Å². The van der Waals surface area contributed by atoms with Crippen LogP contribution < -0.4 is 4.74 Å². The van der Waals surface area contributed by atoms with Crippen molar-refractivity contribution in [1.29, 1.82) is 0 Å². The predicted molar refractivity (Wildman–Crippen MR) is 76.4 cm³/mol. The van der Waals surface area contributed by atoms with E-state index in [4.69, 9.17) is 4.74 Å². The van der Waals surface area contributed by atoms with E-state index in [0.29, 0.717) is 29.6 Å². The van der Waals surface area contributed by atoms with E-state index < -0.39 is 0 Å². The molecule has 6 heteroatoms. The molecule has 6 nitrogen and oxygen atoms in total. The first kappa shape index (κ1) is 14.0. The van der Waals surface area contributed by atoms with E-state index in [0.717, 1.165) is 6.42 Å². The number of aryl methyl sites for hydroxylation is 2. The SMILES string of the molecule is CCCOc1ccc(/C=N/n2c(C)nnc2C)c(O)c1. The Morgan fingerprint density at radius 3 is 2.60 bits per heavy atom. The second-order valence-electron chi connectivity index (χ2n) is 4.42. The monoisotopic (exact) mass is 274 g/mol. The van der Waals surface area contributed by atoms with Gasteiger partial charge < -0.3 is 9.84 Å². The Bertz CT molecular complexity index is 600. The molecule has 0 unspecified atom stereocenters. The van der Waals surface area contributed by atoms with Gasteiger partial charge in [0.05, 0.1) is 12.8 Å². The van der Waals surface area contributed by atoms with Crippen molar-refractivity contribution in [3.63, 3.8) is 0 Å². The van der Waals surface area contributed by atoms with Gasteiger partial charge in [0.15, 0.2) is 11.6 Å². The fourth-order valence-electron chi connectivity index (χ4n) is 1.69. The molecule has 0 atom stereocenters. The van der Waals surface area contributed by atoms with Gasteiger partial charge in [-0.15, -0.1) is 10.2 Å². The molecule has 0 bridgehead atoms. The maximum absolute atomic E-state index is 9.95. The maximum Gasteiger partial charge on any atom is 0.151 e. The molecule has 0 aliphatic heterocycles. The summed E-state index contributed by atoms with van der Waals surface area (Å²) in [5, 5.41) is 22.0. The zero-order valence-corrected chi connectivity index (χ0v) is 11.9. The highest BCUT2D eigenvalue weighted by Crippen LogP contribution is 2.22. The summed E-state index contributed by atoms with van der Waals surface area (Å²) in [5.41, 5.74) is 0.612. The topological polar surface area (TPSA) is 72.5 Å². The van der Waals surface area contributed by atoms with Crippen LogP contribution in [0, 0.1) is 13.8 Å². The average Bonchev–Trinajstić information content (AvgIpc) is 2.75. The van der Waals surface area contributed by atoms with Gasteiger partial charge in [-0.3, -0.25) is 0 Å². The van der Waals surface area contributed by atoms with E-state index in [1.165, 1.54) is 0 Å². The van der Waals surface area contributed by atoms with Crippen LogP contribution in [0.2, 0.25) is 0 Å². The molecule has 0 radical (unpaired) electrons. The summed E-state index contributed by atoms with van der Waals surface area (Å²) in [6.45, 7) is 6.30. The number of phenols is 1. The third-order valence-corrected chi connectivity index (χ3v) is 2.74. The predicted octanol–water partition coefficient (Wildman–Crippen LogP) is 2.27. The highest BCUT2D eigenvalue weighted by Gasteiger charge is 2.04. The molecule has 2 aromatic rings. The largest absolute Gasteiger partial charge is 0.507 e. The van der Waals surface area contributed by atoms with Crippen molar-refractivity contribution >= 4 is 6.21 Å². The van der Waals surface area contributed by atoms with Gasteiger partial charge in [0, 0.05) is 11.6 Å². The Labute approximate surface area is 117 Å².